The Labute approximate surface area is 186 Å². The minimum absolute atomic E-state index is 0.0910. The average molecular weight is 431 g/mol. The van der Waals surface area contributed by atoms with Gasteiger partial charge in [-0.3, -0.25) is 4.79 Å². The number of nitrogens with zero attached hydrogens (tertiary/aromatic N) is 4. The van der Waals surface area contributed by atoms with Crippen LogP contribution in [0.2, 0.25) is 0 Å². The van der Waals surface area contributed by atoms with E-state index in [0.717, 1.165) is 33.9 Å². The van der Waals surface area contributed by atoms with Crippen molar-refractivity contribution < 1.29 is 14.3 Å². The fraction of sp³-hybridized carbons (Fsp3) is 0.250. The van der Waals surface area contributed by atoms with Crippen LogP contribution in [-0.4, -0.2) is 39.7 Å². The first-order valence-electron chi connectivity index (χ1n) is 10.3. The topological polar surface area (TPSA) is 90.6 Å². The number of carbonyl (C=O) groups is 1. The highest BCUT2D eigenvalue weighted by Gasteiger charge is 2.16. The molecule has 0 atom stereocenters. The van der Waals surface area contributed by atoms with Crippen LogP contribution in [0, 0.1) is 13.8 Å². The summed E-state index contributed by atoms with van der Waals surface area (Å²) in [6.45, 7) is 3.95. The number of amides is 1. The first-order chi connectivity index (χ1) is 15.5. The molecule has 4 rings (SSSR count). The van der Waals surface area contributed by atoms with E-state index in [1.165, 1.54) is 0 Å². The minimum atomic E-state index is -0.0910. The first-order valence-corrected chi connectivity index (χ1v) is 10.3. The quantitative estimate of drug-likeness (QED) is 0.476. The van der Waals surface area contributed by atoms with E-state index < -0.39 is 0 Å². The van der Waals surface area contributed by atoms with E-state index >= 15 is 0 Å². The summed E-state index contributed by atoms with van der Waals surface area (Å²) in [6, 6.07) is 13.0. The maximum Gasteiger partial charge on any atom is 0.225 e. The Morgan fingerprint density at radius 1 is 1.09 bits per heavy atom. The van der Waals surface area contributed by atoms with Crippen molar-refractivity contribution in [1.29, 1.82) is 0 Å². The highest BCUT2D eigenvalue weighted by Crippen LogP contribution is 2.33. The fourth-order valence-corrected chi connectivity index (χ4v) is 3.71. The number of rotatable bonds is 7. The van der Waals surface area contributed by atoms with Crippen LogP contribution in [0.15, 0.2) is 48.7 Å². The summed E-state index contributed by atoms with van der Waals surface area (Å²) in [5.41, 5.74) is 5.20. The third kappa shape index (κ3) is 4.25. The van der Waals surface area contributed by atoms with Crippen LogP contribution >= 0.6 is 0 Å². The lowest BCUT2D eigenvalue weighted by atomic mass is 10.1. The number of fused-ring (bicyclic) bond motifs is 1. The summed E-state index contributed by atoms with van der Waals surface area (Å²) in [5, 5.41) is 7.58. The Bertz CT molecular complexity index is 1270. The first kappa shape index (κ1) is 21.3. The van der Waals surface area contributed by atoms with E-state index in [0.29, 0.717) is 30.2 Å². The number of aromatic nitrogens is 4. The van der Waals surface area contributed by atoms with Gasteiger partial charge in [0.05, 0.1) is 19.9 Å². The Kier molecular flexibility index (Phi) is 6.02. The van der Waals surface area contributed by atoms with Crippen LogP contribution < -0.4 is 14.8 Å². The van der Waals surface area contributed by atoms with Crippen LogP contribution in [0.1, 0.15) is 23.4 Å². The van der Waals surface area contributed by atoms with Crippen molar-refractivity contribution in [2.24, 2.45) is 0 Å². The van der Waals surface area contributed by atoms with Crippen molar-refractivity contribution in [3.63, 3.8) is 0 Å². The molecule has 32 heavy (non-hydrogen) atoms. The highest BCUT2D eigenvalue weighted by molar-refractivity contribution is 5.89. The minimum Gasteiger partial charge on any atom is -0.497 e. The fourth-order valence-electron chi connectivity index (χ4n) is 3.71. The van der Waals surface area contributed by atoms with Gasteiger partial charge in [-0.2, -0.15) is 5.10 Å². The molecule has 0 bridgehead atoms. The van der Waals surface area contributed by atoms with E-state index in [-0.39, 0.29) is 5.91 Å². The number of anilines is 1. The Hall–Kier alpha value is -3.94. The lowest BCUT2D eigenvalue weighted by Crippen LogP contribution is -2.15. The van der Waals surface area contributed by atoms with Gasteiger partial charge in [0, 0.05) is 41.7 Å². The lowest BCUT2D eigenvalue weighted by molar-refractivity contribution is -0.116. The molecule has 4 aromatic rings. The van der Waals surface area contributed by atoms with Crippen LogP contribution in [0.3, 0.4) is 0 Å². The van der Waals surface area contributed by atoms with Crippen molar-refractivity contribution in [1.82, 2.24) is 19.6 Å². The molecule has 0 fully saturated rings. The van der Waals surface area contributed by atoms with Gasteiger partial charge in [-0.15, -0.1) is 0 Å². The number of aryl methyl sites for hydroxylation is 2. The van der Waals surface area contributed by atoms with Crippen molar-refractivity contribution in [3.8, 4) is 22.8 Å². The van der Waals surface area contributed by atoms with E-state index in [1.54, 1.807) is 26.5 Å². The molecule has 0 saturated carbocycles. The summed E-state index contributed by atoms with van der Waals surface area (Å²) in [7, 11) is 3.24. The largest absolute Gasteiger partial charge is 0.497 e. The zero-order valence-electron chi connectivity index (χ0n) is 18.5. The molecule has 1 N–H and O–H groups in total. The molecule has 3 aromatic heterocycles. The van der Waals surface area contributed by atoms with E-state index in [1.807, 2.05) is 54.8 Å². The SMILES string of the molecule is COc1ccc(-c2cc3nc(C)c(CCC(=O)Nc4ccccn4)c(C)n3n2)c(OC)c1. The third-order valence-corrected chi connectivity index (χ3v) is 5.38. The molecule has 1 aromatic carbocycles. The monoisotopic (exact) mass is 431 g/mol. The zero-order chi connectivity index (χ0) is 22.7. The number of benzene rings is 1. The molecule has 164 valence electrons. The molecule has 3 heterocycles. The maximum absolute atomic E-state index is 12.4. The van der Waals surface area contributed by atoms with Crippen LogP contribution in [-0.2, 0) is 11.2 Å². The molecule has 1 amide bonds. The van der Waals surface area contributed by atoms with Crippen molar-refractivity contribution in [2.75, 3.05) is 19.5 Å². The summed E-state index contributed by atoms with van der Waals surface area (Å²) in [4.78, 5) is 21.2. The number of carbonyl (C=O) groups excluding carboxylic acids is 1. The number of hydrogen-bond acceptors (Lipinski definition) is 6. The van der Waals surface area contributed by atoms with E-state index in [2.05, 4.69) is 10.3 Å². The van der Waals surface area contributed by atoms with Gasteiger partial charge in [0.15, 0.2) is 5.65 Å². The van der Waals surface area contributed by atoms with Crippen LogP contribution in [0.25, 0.3) is 16.9 Å². The number of hydrogen-bond donors (Lipinski definition) is 1. The molecule has 0 radical (unpaired) electrons. The van der Waals surface area contributed by atoms with Gasteiger partial charge in [0.1, 0.15) is 17.3 Å². The van der Waals surface area contributed by atoms with E-state index in [9.17, 15) is 4.79 Å². The molecule has 0 aliphatic heterocycles. The van der Waals surface area contributed by atoms with Gasteiger partial charge in [-0.05, 0) is 50.1 Å². The van der Waals surface area contributed by atoms with Crippen LogP contribution in [0.5, 0.6) is 11.5 Å². The second-order valence-electron chi connectivity index (χ2n) is 7.39. The zero-order valence-corrected chi connectivity index (χ0v) is 18.5. The molecule has 0 spiro atoms. The predicted molar refractivity (Wildman–Crippen MR) is 122 cm³/mol. The summed E-state index contributed by atoms with van der Waals surface area (Å²) < 4.78 is 12.6. The van der Waals surface area contributed by atoms with Crippen LogP contribution in [0.4, 0.5) is 5.82 Å². The second kappa shape index (κ2) is 9.05. The van der Waals surface area contributed by atoms with Crippen molar-refractivity contribution in [3.05, 3.63) is 65.6 Å². The summed E-state index contributed by atoms with van der Waals surface area (Å²) in [6.07, 6.45) is 2.53. The van der Waals surface area contributed by atoms with Gasteiger partial charge < -0.3 is 14.8 Å². The molecule has 0 aliphatic carbocycles. The number of nitrogens with one attached hydrogen (secondary N) is 1. The van der Waals surface area contributed by atoms with E-state index in [4.69, 9.17) is 19.6 Å². The van der Waals surface area contributed by atoms with Gasteiger partial charge >= 0.3 is 0 Å². The molecular weight excluding hydrogens is 406 g/mol. The summed E-state index contributed by atoms with van der Waals surface area (Å²) in [5.74, 6) is 1.84. The predicted octanol–water partition coefficient (Wildman–Crippen LogP) is 4.00. The summed E-state index contributed by atoms with van der Waals surface area (Å²) >= 11 is 0. The molecule has 8 heteroatoms. The lowest BCUT2D eigenvalue weighted by Gasteiger charge is -2.11. The third-order valence-electron chi connectivity index (χ3n) is 5.38. The molecule has 0 aliphatic rings. The average Bonchev–Trinajstić information content (AvgIpc) is 3.23. The number of ether oxygens (including phenoxy) is 2. The number of methoxy groups -OCH3 is 2. The standard InChI is InChI=1S/C24H25N5O3/c1-15-18(10-11-24(30)27-22-7-5-6-12-25-22)16(2)29-23(26-15)14-20(28-29)19-9-8-17(31-3)13-21(19)32-4/h5-9,12-14H,10-11H2,1-4H3,(H,25,27,30). The molecule has 0 saturated heterocycles. The molecule has 0 unspecified atom stereocenters. The highest BCUT2D eigenvalue weighted by atomic mass is 16.5. The van der Waals surface area contributed by atoms with Gasteiger partial charge in [0.2, 0.25) is 5.91 Å². The van der Waals surface area contributed by atoms with Gasteiger partial charge in [-0.1, -0.05) is 6.07 Å². The normalized spacial score (nSPS) is 10.9. The molecular formula is C24H25N5O3. The maximum atomic E-state index is 12.4. The molecule has 8 nitrogen and oxygen atoms in total. The number of pyridine rings is 1. The van der Waals surface area contributed by atoms with Crippen molar-refractivity contribution in [2.45, 2.75) is 26.7 Å². The van der Waals surface area contributed by atoms with Crippen molar-refractivity contribution >= 4 is 17.4 Å². The van der Waals surface area contributed by atoms with Gasteiger partial charge in [0.25, 0.3) is 0 Å². The Balaban J connectivity index is 1.60. The van der Waals surface area contributed by atoms with Gasteiger partial charge in [-0.25, -0.2) is 14.5 Å². The smallest absolute Gasteiger partial charge is 0.225 e. The Morgan fingerprint density at radius 2 is 1.94 bits per heavy atom. The second-order valence-corrected chi connectivity index (χ2v) is 7.39. The Morgan fingerprint density at radius 3 is 2.66 bits per heavy atom.